The summed E-state index contributed by atoms with van der Waals surface area (Å²) in [7, 11) is 1.15. The summed E-state index contributed by atoms with van der Waals surface area (Å²) >= 11 is 6.34. The van der Waals surface area contributed by atoms with Crippen LogP contribution >= 0.6 is 11.6 Å². The third-order valence-corrected chi connectivity index (χ3v) is 5.47. The number of hydrogen-bond donors (Lipinski definition) is 1. The number of urea groups is 1. The largest absolute Gasteiger partial charge is 0.368 e. The summed E-state index contributed by atoms with van der Waals surface area (Å²) in [5.74, 6) is -0.425. The molecule has 0 radical (unpaired) electrons. The van der Waals surface area contributed by atoms with Crippen molar-refractivity contribution in [2.24, 2.45) is 5.92 Å². The van der Waals surface area contributed by atoms with Crippen molar-refractivity contribution in [1.82, 2.24) is 15.1 Å². The predicted molar refractivity (Wildman–Crippen MR) is 117 cm³/mol. The van der Waals surface area contributed by atoms with Gasteiger partial charge in [0.25, 0.3) is 0 Å². The molecule has 0 unspecified atom stereocenters. The molecule has 1 aromatic rings. The minimum atomic E-state index is -3.37. The molecule has 0 spiro atoms. The molecule has 5 nitrogen and oxygen atoms in total. The van der Waals surface area contributed by atoms with E-state index in [1.54, 1.807) is 13.0 Å². The van der Waals surface area contributed by atoms with Crippen LogP contribution in [-0.2, 0) is 0 Å². The zero-order chi connectivity index (χ0) is 31.6. The fourth-order valence-electron chi connectivity index (χ4n) is 3.26. The zero-order valence-corrected chi connectivity index (χ0v) is 16.8. The lowest BCUT2D eigenvalue weighted by molar-refractivity contribution is 0.194. The molecule has 2 amide bonds. The lowest BCUT2D eigenvalue weighted by Crippen LogP contribution is -2.47. The van der Waals surface area contributed by atoms with Gasteiger partial charge in [-0.1, -0.05) is 23.7 Å². The van der Waals surface area contributed by atoms with E-state index < -0.39 is 57.8 Å². The molecule has 1 saturated heterocycles. The maximum atomic E-state index is 12.2. The highest BCUT2D eigenvalue weighted by atomic mass is 35.5. The second kappa shape index (κ2) is 9.84. The van der Waals surface area contributed by atoms with Crippen LogP contribution in [0.3, 0.4) is 0 Å². The summed E-state index contributed by atoms with van der Waals surface area (Å²) in [6.45, 7) is -17.2. The van der Waals surface area contributed by atoms with E-state index >= 15 is 0 Å². The van der Waals surface area contributed by atoms with Crippen molar-refractivity contribution >= 4 is 23.3 Å². The van der Waals surface area contributed by atoms with Gasteiger partial charge in [-0.25, -0.2) is 4.79 Å². The third kappa shape index (κ3) is 5.54. The smallest absolute Gasteiger partial charge is 0.317 e. The van der Waals surface area contributed by atoms with Gasteiger partial charge in [-0.3, -0.25) is 4.90 Å². The molecular weight excluding hydrogens is 372 g/mol. The number of amides is 2. The van der Waals surface area contributed by atoms with E-state index in [9.17, 15) is 4.79 Å². The van der Waals surface area contributed by atoms with E-state index in [1.165, 1.54) is 12.1 Å². The van der Waals surface area contributed by atoms with E-state index in [0.717, 1.165) is 7.05 Å². The molecule has 3 rings (SSSR count). The summed E-state index contributed by atoms with van der Waals surface area (Å²) in [6, 6.07) is 3.15. The highest BCUT2D eigenvalue weighted by molar-refractivity contribution is 6.34. The first-order chi connectivity index (χ1) is 18.4. The van der Waals surface area contributed by atoms with Crippen LogP contribution in [0.4, 0.5) is 10.5 Å². The monoisotopic (exact) mass is 419 g/mol. The number of benzene rings is 1. The summed E-state index contributed by atoms with van der Waals surface area (Å²) in [6.07, 6.45) is 0.975. The summed E-state index contributed by atoms with van der Waals surface area (Å²) in [4.78, 5) is 13.2. The van der Waals surface area contributed by atoms with Gasteiger partial charge in [0.15, 0.2) is 0 Å². The zero-order valence-electron chi connectivity index (χ0n) is 29.1. The second-order valence-corrected chi connectivity index (χ2v) is 7.49. The Morgan fingerprint density at radius 2 is 2.04 bits per heavy atom. The minimum Gasteiger partial charge on any atom is -0.368 e. The molecule has 2 aliphatic rings. The number of rotatable bonds is 5. The lowest BCUT2D eigenvalue weighted by atomic mass is 9.84. The normalized spacial score (nSPS) is 38.5. The van der Waals surface area contributed by atoms with Gasteiger partial charge in [0.05, 0.1) is 16.2 Å². The average molecular weight is 420 g/mol. The maximum absolute atomic E-state index is 12.2. The van der Waals surface area contributed by atoms with Crippen LogP contribution in [0.25, 0.3) is 0 Å². The number of anilines is 1. The Morgan fingerprint density at radius 3 is 2.71 bits per heavy atom. The highest BCUT2D eigenvalue weighted by Crippen LogP contribution is 2.30. The Hall–Kier alpha value is -1.46. The van der Waals surface area contributed by atoms with Gasteiger partial charge in [0.1, 0.15) is 0 Å². The molecule has 6 heteroatoms. The van der Waals surface area contributed by atoms with Gasteiger partial charge in [-0.2, -0.15) is 0 Å². The number of nitrogens with zero attached hydrogens (tertiary/aromatic N) is 3. The first-order valence-electron chi connectivity index (χ1n) is 15.8. The van der Waals surface area contributed by atoms with Crippen LogP contribution < -0.4 is 10.2 Å². The van der Waals surface area contributed by atoms with Crippen molar-refractivity contribution in [2.75, 3.05) is 51.4 Å². The number of hydrogen-bond acceptors (Lipinski definition) is 3. The molecule has 1 aliphatic heterocycles. The van der Waals surface area contributed by atoms with E-state index in [2.05, 4.69) is 5.32 Å². The molecule has 1 heterocycles. The molecule has 0 atom stereocenters. The third-order valence-electron chi connectivity index (χ3n) is 4.98. The van der Waals surface area contributed by atoms with E-state index in [4.69, 9.17) is 29.4 Å². The van der Waals surface area contributed by atoms with Gasteiger partial charge in [0, 0.05) is 58.4 Å². The molecule has 0 bridgehead atoms. The van der Waals surface area contributed by atoms with E-state index in [1.807, 2.05) is 0 Å². The molecule has 1 aromatic carbocycles. The molecule has 1 saturated carbocycles. The van der Waals surface area contributed by atoms with Crippen LogP contribution in [0.2, 0.25) is 5.02 Å². The van der Waals surface area contributed by atoms with E-state index in [0.29, 0.717) is 41.0 Å². The van der Waals surface area contributed by atoms with Crippen molar-refractivity contribution < 1.29 is 22.6 Å². The highest BCUT2D eigenvalue weighted by Gasteiger charge is 2.24. The first kappa shape index (κ1) is 10.0. The second-order valence-electron chi connectivity index (χ2n) is 7.11. The molecule has 28 heavy (non-hydrogen) atoms. The van der Waals surface area contributed by atoms with Gasteiger partial charge in [-0.05, 0) is 63.1 Å². The topological polar surface area (TPSA) is 38.8 Å². The SMILES string of the molecule is [2H]C([2H])([2H])N(C)C(=O)NC1CCC(CC([2H])([2H])N2C([2H])([2H])C([2H])([2H])N(c3cccc(C)c3Cl)C([2H])([2H])C2([2H])[2H])CC1. The van der Waals surface area contributed by atoms with Gasteiger partial charge >= 0.3 is 6.03 Å². The Morgan fingerprint density at radius 1 is 1.32 bits per heavy atom. The Labute approximate surface area is 193 Å². The number of piperazine rings is 1. The Bertz CT molecular complexity index is 1110. The number of halogens is 1. The minimum absolute atomic E-state index is 0.0341. The molecule has 2 fully saturated rings. The van der Waals surface area contributed by atoms with Crippen LogP contribution in [0.1, 0.15) is 55.5 Å². The van der Waals surface area contributed by atoms with Crippen molar-refractivity contribution in [2.45, 2.75) is 45.1 Å². The van der Waals surface area contributed by atoms with Crippen LogP contribution in [0.5, 0.6) is 0 Å². The van der Waals surface area contributed by atoms with E-state index in [-0.39, 0.29) is 21.7 Å². The van der Waals surface area contributed by atoms with Crippen LogP contribution in [0, 0.1) is 12.8 Å². The van der Waals surface area contributed by atoms with Crippen molar-refractivity contribution in [3.63, 3.8) is 0 Å². The first-order valence-corrected chi connectivity index (χ1v) is 9.68. The quantitative estimate of drug-likeness (QED) is 0.784. The van der Waals surface area contributed by atoms with Crippen molar-refractivity contribution in [1.29, 1.82) is 0 Å². The molecular formula is C22H35ClN4O. The summed E-state index contributed by atoms with van der Waals surface area (Å²) in [5, 5.41) is 2.55. The Kier molecular flexibility index (Phi) is 3.52. The van der Waals surface area contributed by atoms with Gasteiger partial charge in [-0.15, -0.1) is 0 Å². The molecule has 1 N–H and O–H groups in total. The summed E-state index contributed by atoms with van der Waals surface area (Å²) < 4.78 is 109. The number of carbonyl (C=O) groups excluding carboxylic acids is 1. The fourth-order valence-corrected chi connectivity index (χ4v) is 3.47. The fraction of sp³-hybridized carbons (Fsp3) is 0.682. The predicted octanol–water partition coefficient (Wildman–Crippen LogP) is 3.99. The molecule has 0 aromatic heterocycles. The summed E-state index contributed by atoms with van der Waals surface area (Å²) in [5.41, 5.74) is 0.172. The van der Waals surface area contributed by atoms with Gasteiger partial charge < -0.3 is 15.1 Å². The van der Waals surface area contributed by atoms with Gasteiger partial charge in [0.2, 0.25) is 0 Å². The average Bonchev–Trinajstić information content (AvgIpc) is 2.80. The van der Waals surface area contributed by atoms with Crippen LogP contribution in [-0.4, -0.2) is 68.4 Å². The molecule has 156 valence electrons. The maximum Gasteiger partial charge on any atom is 0.317 e. The van der Waals surface area contributed by atoms with Crippen molar-refractivity contribution in [3.8, 4) is 0 Å². The number of carbonyl (C=O) groups is 1. The van der Waals surface area contributed by atoms with Crippen molar-refractivity contribution in [3.05, 3.63) is 28.8 Å². The number of nitrogens with one attached hydrogen (secondary N) is 1. The van der Waals surface area contributed by atoms with Crippen LogP contribution in [0.15, 0.2) is 18.2 Å². The molecule has 1 aliphatic carbocycles. The standard InChI is InChI=1S/C22H35ClN4O/c1-17-5-4-6-20(21(17)23)27-15-13-26(14-16-27)12-11-18-7-9-19(10-8-18)24-22(28)25(2)3/h4-6,18-19H,7-16H2,1-3H3,(H,24,28)/i2D3,12D2,13D2,14D2,15D2,16D2. The lowest BCUT2D eigenvalue weighted by Gasteiger charge is -2.37. The Balaban J connectivity index is 1.86. The number of aryl methyl sites for hydroxylation is 1.